The second kappa shape index (κ2) is 9.60. The van der Waals surface area contributed by atoms with Crippen molar-refractivity contribution in [3.63, 3.8) is 0 Å². The number of halogens is 1. The molecular weight excluding hydrogens is 521 g/mol. The van der Waals surface area contributed by atoms with Crippen molar-refractivity contribution in [3.05, 3.63) is 82.4 Å². The summed E-state index contributed by atoms with van der Waals surface area (Å²) in [6.45, 7) is 0. The molecule has 32 heavy (non-hydrogen) atoms. The first-order chi connectivity index (χ1) is 15.5. The van der Waals surface area contributed by atoms with Gasteiger partial charge in [0.25, 0.3) is 5.91 Å². The van der Waals surface area contributed by atoms with E-state index in [1.807, 2.05) is 30.3 Å². The van der Waals surface area contributed by atoms with E-state index in [9.17, 15) is 14.4 Å². The van der Waals surface area contributed by atoms with Crippen molar-refractivity contribution in [1.82, 2.24) is 5.32 Å². The van der Waals surface area contributed by atoms with E-state index in [-0.39, 0.29) is 0 Å². The number of aliphatic imine (C=N–C) groups is 1. The van der Waals surface area contributed by atoms with E-state index < -0.39 is 23.8 Å². The van der Waals surface area contributed by atoms with E-state index in [1.54, 1.807) is 48.5 Å². The molecule has 1 N–H and O–H groups in total. The van der Waals surface area contributed by atoms with Crippen molar-refractivity contribution in [3.8, 4) is 0 Å². The number of barbiturate groups is 1. The largest absolute Gasteiger partial charge is 0.335 e. The van der Waals surface area contributed by atoms with Crippen LogP contribution in [0, 0.1) is 9.49 Å². The zero-order valence-corrected chi connectivity index (χ0v) is 18.7. The number of amides is 4. The lowest BCUT2D eigenvalue weighted by molar-refractivity contribution is -0.131. The average Bonchev–Trinajstić information content (AvgIpc) is 2.80. The highest BCUT2D eigenvalue weighted by Crippen LogP contribution is 2.24. The van der Waals surface area contributed by atoms with Gasteiger partial charge in [0.15, 0.2) is 5.92 Å². The van der Waals surface area contributed by atoms with E-state index >= 15 is 0 Å². The molecule has 4 rings (SSSR count). The smallest absolute Gasteiger partial charge is 0.276 e. The van der Waals surface area contributed by atoms with Crippen molar-refractivity contribution in [1.29, 1.82) is 0 Å². The normalized spacial score (nSPS) is 16.7. The number of hydrogen-bond acceptors (Lipinski definition) is 6. The van der Waals surface area contributed by atoms with Crippen LogP contribution in [0.15, 0.2) is 94.1 Å². The number of azo groups is 1. The van der Waals surface area contributed by atoms with Crippen molar-refractivity contribution in [2.45, 2.75) is 0 Å². The lowest BCUT2D eigenvalue weighted by atomic mass is 10.1. The van der Waals surface area contributed by atoms with Gasteiger partial charge >= 0.3 is 6.03 Å². The Morgan fingerprint density at radius 1 is 0.781 bits per heavy atom. The molecule has 3 aromatic carbocycles. The fraction of sp³-hybridized carbons (Fsp3) is 0.0435. The molecule has 8 nitrogen and oxygen atoms in total. The molecule has 0 bridgehead atoms. The SMILES string of the molecule is O=C1NC(=O)N(c2ccc(I)cc2)C(=O)[C@@H]1C=Nc1ccc(N=Nc2ccccc2)cc1. The third-order valence-corrected chi connectivity index (χ3v) is 5.27. The van der Waals surface area contributed by atoms with E-state index in [4.69, 9.17) is 0 Å². The first kappa shape index (κ1) is 21.5. The van der Waals surface area contributed by atoms with Crippen LogP contribution in [-0.2, 0) is 9.59 Å². The minimum atomic E-state index is -1.22. The lowest BCUT2D eigenvalue weighted by Crippen LogP contribution is -2.58. The molecule has 1 aliphatic rings. The van der Waals surface area contributed by atoms with Gasteiger partial charge in [0.2, 0.25) is 5.91 Å². The highest BCUT2D eigenvalue weighted by molar-refractivity contribution is 14.1. The molecule has 1 saturated heterocycles. The minimum Gasteiger partial charge on any atom is -0.276 e. The van der Waals surface area contributed by atoms with Gasteiger partial charge in [-0.25, -0.2) is 9.69 Å². The standard InChI is InChI=1S/C23H16IN5O3/c24-15-6-12-19(13-7-15)29-22(31)20(21(30)26-23(29)32)14-25-16-8-10-18(11-9-16)28-27-17-4-2-1-3-5-17/h1-14,20H,(H,26,30,32)/t20-/m1/s1. The minimum absolute atomic E-state index is 0.381. The topological polar surface area (TPSA) is 104 Å². The summed E-state index contributed by atoms with van der Waals surface area (Å²) in [6, 6.07) is 22.2. The molecule has 0 saturated carbocycles. The third kappa shape index (κ3) is 4.94. The predicted molar refractivity (Wildman–Crippen MR) is 129 cm³/mol. The third-order valence-electron chi connectivity index (χ3n) is 4.55. The number of rotatable bonds is 5. The van der Waals surface area contributed by atoms with Crippen LogP contribution >= 0.6 is 22.6 Å². The predicted octanol–water partition coefficient (Wildman–Crippen LogP) is 5.31. The van der Waals surface area contributed by atoms with Crippen LogP contribution < -0.4 is 10.2 Å². The number of carbonyl (C=O) groups is 3. The van der Waals surface area contributed by atoms with Crippen LogP contribution in [0.25, 0.3) is 0 Å². The zero-order chi connectivity index (χ0) is 22.5. The summed E-state index contributed by atoms with van der Waals surface area (Å²) in [5, 5.41) is 10.5. The maximum absolute atomic E-state index is 12.9. The number of anilines is 1. The van der Waals surface area contributed by atoms with Gasteiger partial charge in [0, 0.05) is 9.78 Å². The summed E-state index contributed by atoms with van der Waals surface area (Å²) < 4.78 is 0.956. The summed E-state index contributed by atoms with van der Waals surface area (Å²) in [4.78, 5) is 42.5. The van der Waals surface area contributed by atoms with Gasteiger partial charge < -0.3 is 0 Å². The highest BCUT2D eigenvalue weighted by atomic mass is 127. The number of urea groups is 1. The molecule has 1 fully saturated rings. The average molecular weight is 537 g/mol. The summed E-state index contributed by atoms with van der Waals surface area (Å²) in [5.41, 5.74) is 2.28. The Labute approximate surface area is 197 Å². The molecule has 0 aliphatic carbocycles. The monoisotopic (exact) mass is 537 g/mol. The van der Waals surface area contributed by atoms with Crippen LogP contribution in [0.1, 0.15) is 0 Å². The number of benzene rings is 3. The van der Waals surface area contributed by atoms with Crippen LogP contribution in [0.4, 0.5) is 27.5 Å². The molecule has 4 amide bonds. The lowest BCUT2D eigenvalue weighted by Gasteiger charge is -2.28. The van der Waals surface area contributed by atoms with Gasteiger partial charge in [0.05, 0.1) is 22.7 Å². The van der Waals surface area contributed by atoms with Crippen molar-refractivity contribution in [2.24, 2.45) is 21.1 Å². The Bertz CT molecular complexity index is 1210. The fourth-order valence-electron chi connectivity index (χ4n) is 2.93. The van der Waals surface area contributed by atoms with Crippen molar-refractivity contribution >= 4 is 69.4 Å². The second-order valence-electron chi connectivity index (χ2n) is 6.75. The molecule has 0 spiro atoms. The summed E-state index contributed by atoms with van der Waals surface area (Å²) >= 11 is 2.12. The van der Waals surface area contributed by atoms with E-state index in [2.05, 4.69) is 43.1 Å². The Hall–Kier alpha value is -3.73. The van der Waals surface area contributed by atoms with Crippen LogP contribution in [0.5, 0.6) is 0 Å². The Morgan fingerprint density at radius 3 is 2.03 bits per heavy atom. The fourth-order valence-corrected chi connectivity index (χ4v) is 3.29. The van der Waals surface area contributed by atoms with Crippen LogP contribution in [-0.4, -0.2) is 24.1 Å². The maximum Gasteiger partial charge on any atom is 0.335 e. The van der Waals surface area contributed by atoms with Gasteiger partial charge in [-0.3, -0.25) is 19.9 Å². The number of carbonyl (C=O) groups excluding carboxylic acids is 3. The summed E-state index contributed by atoms with van der Waals surface area (Å²) in [5.74, 6) is -2.58. The van der Waals surface area contributed by atoms with Gasteiger partial charge in [0.1, 0.15) is 0 Å². The molecular formula is C23H16IN5O3. The first-order valence-corrected chi connectivity index (χ1v) is 10.6. The van der Waals surface area contributed by atoms with Gasteiger partial charge in [-0.2, -0.15) is 10.2 Å². The Morgan fingerprint density at radius 2 is 1.38 bits per heavy atom. The number of nitrogens with one attached hydrogen (secondary N) is 1. The summed E-state index contributed by atoms with van der Waals surface area (Å²) in [7, 11) is 0. The number of hydrogen-bond donors (Lipinski definition) is 1. The maximum atomic E-state index is 12.9. The van der Waals surface area contributed by atoms with Gasteiger partial charge in [-0.05, 0) is 83.3 Å². The first-order valence-electron chi connectivity index (χ1n) is 9.57. The quantitative estimate of drug-likeness (QED) is 0.207. The number of nitrogens with zero attached hydrogens (tertiary/aromatic N) is 4. The molecule has 3 aromatic rings. The summed E-state index contributed by atoms with van der Waals surface area (Å²) in [6.07, 6.45) is 1.24. The number of imide groups is 2. The van der Waals surface area contributed by atoms with Gasteiger partial charge in [-0.1, -0.05) is 18.2 Å². The second-order valence-corrected chi connectivity index (χ2v) is 8.00. The zero-order valence-electron chi connectivity index (χ0n) is 16.6. The highest BCUT2D eigenvalue weighted by Gasteiger charge is 2.40. The van der Waals surface area contributed by atoms with Gasteiger partial charge in [-0.15, -0.1) is 0 Å². The molecule has 1 atom stereocenters. The molecule has 158 valence electrons. The Kier molecular flexibility index (Phi) is 6.45. The van der Waals surface area contributed by atoms with Crippen LogP contribution in [0.2, 0.25) is 0 Å². The van der Waals surface area contributed by atoms with E-state index in [1.165, 1.54) is 6.21 Å². The molecule has 0 radical (unpaired) electrons. The van der Waals surface area contributed by atoms with Crippen molar-refractivity contribution < 1.29 is 14.4 Å². The molecule has 0 aromatic heterocycles. The molecule has 9 heteroatoms. The molecule has 1 aliphatic heterocycles. The Balaban J connectivity index is 1.48. The van der Waals surface area contributed by atoms with E-state index in [0.717, 1.165) is 14.2 Å². The van der Waals surface area contributed by atoms with Crippen molar-refractivity contribution in [2.75, 3.05) is 4.90 Å². The molecule has 1 heterocycles. The molecule has 0 unspecified atom stereocenters. The van der Waals surface area contributed by atoms with E-state index in [0.29, 0.717) is 17.1 Å². The van der Waals surface area contributed by atoms with Crippen LogP contribution in [0.3, 0.4) is 0 Å².